The number of phenols is 1. The van der Waals surface area contributed by atoms with Crippen molar-refractivity contribution < 1.29 is 52.4 Å². The van der Waals surface area contributed by atoms with Crippen molar-refractivity contribution in [1.82, 2.24) is 4.90 Å². The van der Waals surface area contributed by atoms with Crippen LogP contribution in [0.2, 0.25) is 0 Å². The molecule has 0 saturated heterocycles. The van der Waals surface area contributed by atoms with Gasteiger partial charge in [0.15, 0.2) is 18.2 Å². The van der Waals surface area contributed by atoms with Crippen LogP contribution in [-0.4, -0.2) is 90.7 Å². The Balaban J connectivity index is 1.88. The largest absolute Gasteiger partial charge is 0.511 e. The minimum absolute atomic E-state index is 0.0458. The smallest absolute Gasteiger partial charge is 0.422 e. The van der Waals surface area contributed by atoms with Crippen LogP contribution in [0.4, 0.5) is 18.9 Å². The fraction of sp³-hybridized carbons (Fsp3) is 0.462. The molecule has 0 fully saturated rings. The van der Waals surface area contributed by atoms with Gasteiger partial charge in [-0.2, -0.15) is 13.2 Å². The highest BCUT2D eigenvalue weighted by atomic mass is 19.4. The van der Waals surface area contributed by atoms with Crippen molar-refractivity contribution in [1.29, 1.82) is 0 Å². The molecular formula is C26H28F3N3O8. The number of carbonyl (C=O) groups is 4. The molecule has 1 aromatic carbocycles. The average Bonchev–Trinajstić information content (AvgIpc) is 2.81. The summed E-state index contributed by atoms with van der Waals surface area (Å²) in [6.45, 7) is -1.91. The number of halogens is 3. The van der Waals surface area contributed by atoms with Crippen LogP contribution in [0.1, 0.15) is 32.7 Å². The molecule has 3 aliphatic rings. The number of nitrogens with two attached hydrogens (primary N) is 1. The van der Waals surface area contributed by atoms with E-state index in [1.165, 1.54) is 4.90 Å². The molecule has 0 bridgehead atoms. The molecule has 11 nitrogen and oxygen atoms in total. The highest BCUT2D eigenvalue weighted by Gasteiger charge is 2.54. The van der Waals surface area contributed by atoms with Gasteiger partial charge >= 0.3 is 12.1 Å². The number of ketones is 2. The Labute approximate surface area is 226 Å². The molecule has 3 unspecified atom stereocenters. The predicted molar refractivity (Wildman–Crippen MR) is 133 cm³/mol. The summed E-state index contributed by atoms with van der Waals surface area (Å²) in [5, 5.41) is 33.1. The summed E-state index contributed by atoms with van der Waals surface area (Å²) >= 11 is 0. The van der Waals surface area contributed by atoms with Crippen LogP contribution in [0.25, 0.3) is 0 Å². The fourth-order valence-corrected chi connectivity index (χ4v) is 6.10. The summed E-state index contributed by atoms with van der Waals surface area (Å²) in [5.41, 5.74) is 3.86. The van der Waals surface area contributed by atoms with Crippen LogP contribution in [0.5, 0.6) is 5.75 Å². The van der Waals surface area contributed by atoms with Gasteiger partial charge in [-0.3, -0.25) is 19.3 Å². The van der Waals surface area contributed by atoms with Crippen molar-refractivity contribution in [3.8, 4) is 5.75 Å². The minimum atomic E-state index is -4.83. The number of carbonyl (C=O) groups excluding carboxylic acids is 4. The second-order valence-corrected chi connectivity index (χ2v) is 10.5. The molecule has 40 heavy (non-hydrogen) atoms. The highest BCUT2D eigenvalue weighted by molar-refractivity contribution is 6.22. The van der Waals surface area contributed by atoms with E-state index in [-0.39, 0.29) is 29.7 Å². The number of aliphatic hydroxyl groups is 2. The number of primary amides is 1. The molecule has 5 N–H and O–H groups in total. The molecular weight excluding hydrogens is 539 g/mol. The average molecular weight is 568 g/mol. The van der Waals surface area contributed by atoms with Crippen molar-refractivity contribution in [3.63, 3.8) is 0 Å². The number of esters is 1. The summed E-state index contributed by atoms with van der Waals surface area (Å²) in [6.07, 6.45) is -4.67. The number of benzene rings is 1. The van der Waals surface area contributed by atoms with Gasteiger partial charge in [-0.15, -0.1) is 0 Å². The van der Waals surface area contributed by atoms with Gasteiger partial charge in [0.2, 0.25) is 0 Å². The number of hydrogen-bond donors (Lipinski definition) is 4. The Morgan fingerprint density at radius 1 is 1.10 bits per heavy atom. The molecule has 0 aromatic heterocycles. The molecule has 1 amide bonds. The standard InChI is InChI=1S/C26H28F3N3O8/c1-31(2)13-7-12(25(39)40-8-26(27,28)29)19(33)15-10(13)5-9-6-11-16(21(35)14(9)20(15)34)22(36)17(24(30)38)23(37)18(11)32(3)4/h7,9,11,16,18,33,35,37H,5-6,8H2,1-4H3,(H2,30,38)/t9?,11?,16?,18-/m0/s1. The number of Topliss-reactive ketones (excluding diaryl/α,β-unsaturated/α-hetero) is 2. The first-order chi connectivity index (χ1) is 18.5. The number of amides is 1. The number of phenolic OH excluding ortho intramolecular Hbond substituents is 1. The highest BCUT2D eigenvalue weighted by Crippen LogP contribution is 2.51. The summed E-state index contributed by atoms with van der Waals surface area (Å²) in [4.78, 5) is 54.7. The maximum atomic E-state index is 13.8. The van der Waals surface area contributed by atoms with Crippen molar-refractivity contribution >= 4 is 29.1 Å². The number of alkyl halides is 3. The van der Waals surface area contributed by atoms with Gasteiger partial charge < -0.3 is 30.7 Å². The first-order valence-electron chi connectivity index (χ1n) is 12.2. The Bertz CT molecular complexity index is 1400. The van der Waals surface area contributed by atoms with Crippen LogP contribution < -0.4 is 10.6 Å². The predicted octanol–water partition coefficient (Wildman–Crippen LogP) is 1.79. The molecule has 0 heterocycles. The van der Waals surface area contributed by atoms with E-state index >= 15 is 0 Å². The van der Waals surface area contributed by atoms with Crippen molar-refractivity contribution in [2.75, 3.05) is 39.7 Å². The third-order valence-electron chi connectivity index (χ3n) is 7.61. The molecule has 1 aromatic rings. The lowest BCUT2D eigenvalue weighted by molar-refractivity contribution is -0.161. The number of anilines is 1. The zero-order chi connectivity index (χ0) is 30.0. The summed E-state index contributed by atoms with van der Waals surface area (Å²) in [5.74, 6) is -9.56. The number of rotatable bonds is 5. The molecule has 0 radical (unpaired) electrons. The second-order valence-electron chi connectivity index (χ2n) is 10.5. The van der Waals surface area contributed by atoms with Gasteiger partial charge in [0.1, 0.15) is 28.4 Å². The number of hydrogen-bond acceptors (Lipinski definition) is 10. The first-order valence-corrected chi connectivity index (χ1v) is 12.2. The normalized spacial score (nSPS) is 24.5. The van der Waals surface area contributed by atoms with Crippen molar-refractivity contribution in [2.24, 2.45) is 23.5 Å². The Hall–Kier alpha value is -4.07. The van der Waals surface area contributed by atoms with E-state index in [2.05, 4.69) is 4.74 Å². The topological polar surface area (TPSA) is 171 Å². The van der Waals surface area contributed by atoms with Crippen LogP contribution in [0.3, 0.4) is 0 Å². The lowest BCUT2D eigenvalue weighted by Gasteiger charge is -2.46. The van der Waals surface area contributed by atoms with E-state index in [9.17, 15) is 47.7 Å². The zero-order valence-electron chi connectivity index (χ0n) is 22.0. The van der Waals surface area contributed by atoms with Gasteiger partial charge in [-0.05, 0) is 50.4 Å². The lowest BCUT2D eigenvalue weighted by atomic mass is 9.60. The molecule has 0 spiro atoms. The van der Waals surface area contributed by atoms with Crippen LogP contribution in [-0.2, 0) is 20.7 Å². The quantitative estimate of drug-likeness (QED) is 0.304. The van der Waals surface area contributed by atoms with E-state index in [0.717, 1.165) is 6.07 Å². The van der Waals surface area contributed by atoms with Crippen molar-refractivity contribution in [2.45, 2.75) is 25.1 Å². The van der Waals surface area contributed by atoms with Gasteiger partial charge in [0.25, 0.3) is 5.91 Å². The lowest BCUT2D eigenvalue weighted by Crippen LogP contribution is -2.53. The van der Waals surface area contributed by atoms with Crippen molar-refractivity contribution in [3.05, 3.63) is 45.4 Å². The Morgan fingerprint density at radius 2 is 1.73 bits per heavy atom. The number of aromatic hydroxyl groups is 1. The third kappa shape index (κ3) is 4.55. The number of allylic oxidation sites excluding steroid dienone is 2. The summed E-state index contributed by atoms with van der Waals surface area (Å²) < 4.78 is 42.2. The second kappa shape index (κ2) is 9.84. The maximum absolute atomic E-state index is 13.8. The SMILES string of the molecule is CN(C)c1cc(C(=O)OCC(F)(F)F)c(O)c2c1CC1CC3C(C(=O)C(C(N)=O)=C(O)[C@H]3N(C)C)C(O)=C1C2=O. The zero-order valence-corrected chi connectivity index (χ0v) is 22.0. The molecule has 216 valence electrons. The molecule has 0 aliphatic heterocycles. The minimum Gasteiger partial charge on any atom is -0.511 e. The van der Waals surface area contributed by atoms with E-state index in [1.807, 2.05) is 0 Å². The van der Waals surface area contributed by atoms with Gasteiger partial charge in [-0.1, -0.05) is 0 Å². The number of nitrogens with zero attached hydrogens (tertiary/aromatic N) is 2. The number of fused-ring (bicyclic) bond motifs is 3. The fourth-order valence-electron chi connectivity index (χ4n) is 6.10. The Morgan fingerprint density at radius 3 is 2.25 bits per heavy atom. The molecule has 4 atom stereocenters. The third-order valence-corrected chi connectivity index (χ3v) is 7.61. The number of likely N-dealkylation sites (N-methyl/N-ethyl adjacent to an activating group) is 1. The monoisotopic (exact) mass is 567 g/mol. The Kier molecular flexibility index (Phi) is 7.12. The first kappa shape index (κ1) is 28.9. The number of ether oxygens (including phenoxy) is 1. The van der Waals surface area contributed by atoms with E-state index in [1.54, 1.807) is 33.1 Å². The van der Waals surface area contributed by atoms with E-state index < -0.39 is 94.0 Å². The van der Waals surface area contributed by atoms with Gasteiger partial charge in [-0.25, -0.2) is 4.79 Å². The molecule has 4 rings (SSSR count). The van der Waals surface area contributed by atoms with Crippen LogP contribution in [0.15, 0.2) is 28.7 Å². The van der Waals surface area contributed by atoms with Gasteiger partial charge in [0.05, 0.1) is 17.5 Å². The van der Waals surface area contributed by atoms with Gasteiger partial charge in [0, 0.05) is 25.4 Å². The van der Waals surface area contributed by atoms with Crippen LogP contribution in [0, 0.1) is 17.8 Å². The molecule has 14 heteroatoms. The molecule has 0 saturated carbocycles. The summed E-state index contributed by atoms with van der Waals surface area (Å²) in [7, 11) is 6.34. The summed E-state index contributed by atoms with van der Waals surface area (Å²) in [6, 6.07) is 0.235. The molecule has 3 aliphatic carbocycles. The van der Waals surface area contributed by atoms with E-state index in [4.69, 9.17) is 5.73 Å². The van der Waals surface area contributed by atoms with E-state index in [0.29, 0.717) is 0 Å². The maximum Gasteiger partial charge on any atom is 0.422 e. The van der Waals surface area contributed by atoms with Crippen LogP contribution >= 0.6 is 0 Å². The number of aliphatic hydroxyl groups excluding tert-OH is 2.